The number of hydrogen-bond donors (Lipinski definition) is 1. The fourth-order valence-corrected chi connectivity index (χ4v) is 3.64. The van der Waals surface area contributed by atoms with Crippen LogP contribution in [0.3, 0.4) is 0 Å². The van der Waals surface area contributed by atoms with Crippen LogP contribution in [0, 0.1) is 11.3 Å². The van der Waals surface area contributed by atoms with E-state index in [4.69, 9.17) is 0 Å². The average Bonchev–Trinajstić information content (AvgIpc) is 2.31. The van der Waals surface area contributed by atoms with Gasteiger partial charge in [-0.2, -0.15) is 0 Å². The van der Waals surface area contributed by atoms with E-state index in [0.717, 1.165) is 12.5 Å². The summed E-state index contributed by atoms with van der Waals surface area (Å²) in [7, 11) is 2.08. The minimum Gasteiger partial charge on any atom is -0.319 e. The van der Waals surface area contributed by atoms with E-state index in [1.165, 1.54) is 24.0 Å². The van der Waals surface area contributed by atoms with E-state index in [-0.39, 0.29) is 5.41 Å². The lowest BCUT2D eigenvalue weighted by atomic mass is 9.52. The van der Waals surface area contributed by atoms with Gasteiger partial charge in [0.15, 0.2) is 0 Å². The van der Waals surface area contributed by atoms with Crippen molar-refractivity contribution in [2.45, 2.75) is 65.2 Å². The molecule has 1 aromatic carbocycles. The third kappa shape index (κ3) is 3.34. The zero-order chi connectivity index (χ0) is 15.9. The lowest BCUT2D eigenvalue weighted by molar-refractivity contribution is 0.0460. The Morgan fingerprint density at radius 3 is 1.90 bits per heavy atom. The van der Waals surface area contributed by atoms with Crippen LogP contribution in [-0.4, -0.2) is 13.6 Å². The zero-order valence-corrected chi connectivity index (χ0v) is 15.0. The minimum absolute atomic E-state index is 0.238. The van der Waals surface area contributed by atoms with Gasteiger partial charge in [-0.3, -0.25) is 0 Å². The quantitative estimate of drug-likeness (QED) is 0.834. The van der Waals surface area contributed by atoms with Crippen LogP contribution in [0.4, 0.5) is 0 Å². The summed E-state index contributed by atoms with van der Waals surface area (Å²) in [6.45, 7) is 15.1. The van der Waals surface area contributed by atoms with E-state index in [0.29, 0.717) is 10.8 Å². The molecule has 0 spiro atoms. The third-order valence-electron chi connectivity index (χ3n) is 5.38. The highest BCUT2D eigenvalue weighted by atomic mass is 14.8. The standard InChI is InChI=1S/C20H33N/c1-18(2,3)15-8-10-16(11-9-15)20(14-21-7)12-17(13-20)19(4,5)6/h8-11,17,21H,12-14H2,1-7H3. The van der Waals surface area contributed by atoms with E-state index in [2.05, 4.69) is 78.2 Å². The summed E-state index contributed by atoms with van der Waals surface area (Å²) in [5.41, 5.74) is 3.97. The first-order chi connectivity index (χ1) is 9.58. The molecule has 0 bridgehead atoms. The molecular formula is C20H33N. The van der Waals surface area contributed by atoms with Crippen molar-refractivity contribution in [1.82, 2.24) is 5.32 Å². The summed E-state index contributed by atoms with van der Waals surface area (Å²) < 4.78 is 0. The normalized spacial score (nSPS) is 26.5. The van der Waals surface area contributed by atoms with Crippen molar-refractivity contribution in [3.05, 3.63) is 35.4 Å². The van der Waals surface area contributed by atoms with Gasteiger partial charge in [-0.1, -0.05) is 65.8 Å². The number of likely N-dealkylation sites (N-methyl/N-ethyl adjacent to an activating group) is 1. The van der Waals surface area contributed by atoms with Crippen molar-refractivity contribution < 1.29 is 0 Å². The van der Waals surface area contributed by atoms with Crippen LogP contribution in [0.1, 0.15) is 65.5 Å². The van der Waals surface area contributed by atoms with E-state index in [1.807, 2.05) is 0 Å². The molecule has 2 rings (SSSR count). The maximum atomic E-state index is 3.43. The number of hydrogen-bond acceptors (Lipinski definition) is 1. The molecule has 1 aliphatic carbocycles. The lowest BCUT2D eigenvalue weighted by Crippen LogP contribution is -2.51. The first kappa shape index (κ1) is 16.5. The van der Waals surface area contributed by atoms with Crippen molar-refractivity contribution in [3.63, 3.8) is 0 Å². The molecule has 1 aromatic rings. The Morgan fingerprint density at radius 1 is 1.00 bits per heavy atom. The maximum Gasteiger partial charge on any atom is 0.00833 e. The SMILES string of the molecule is CNCC1(c2ccc(C(C)(C)C)cc2)CC(C(C)(C)C)C1. The minimum atomic E-state index is 0.238. The van der Waals surface area contributed by atoms with Crippen LogP contribution < -0.4 is 5.32 Å². The predicted octanol–water partition coefficient (Wildman–Crippen LogP) is 4.90. The van der Waals surface area contributed by atoms with Gasteiger partial charge < -0.3 is 5.32 Å². The fraction of sp³-hybridized carbons (Fsp3) is 0.700. The average molecular weight is 287 g/mol. The fourth-order valence-electron chi connectivity index (χ4n) is 3.64. The Morgan fingerprint density at radius 2 is 1.52 bits per heavy atom. The van der Waals surface area contributed by atoms with Gasteiger partial charge in [0.1, 0.15) is 0 Å². The Balaban J connectivity index is 2.21. The Bertz CT molecular complexity index is 464. The highest BCUT2D eigenvalue weighted by molar-refractivity contribution is 5.35. The van der Waals surface area contributed by atoms with E-state index in [9.17, 15) is 0 Å². The lowest BCUT2D eigenvalue weighted by Gasteiger charge is -2.53. The summed E-state index contributed by atoms with van der Waals surface area (Å²) in [6.07, 6.45) is 2.62. The van der Waals surface area contributed by atoms with Crippen molar-refractivity contribution in [2.24, 2.45) is 11.3 Å². The molecule has 0 heterocycles. The van der Waals surface area contributed by atoms with Crippen molar-refractivity contribution >= 4 is 0 Å². The summed E-state index contributed by atoms with van der Waals surface area (Å²) in [4.78, 5) is 0. The summed E-state index contributed by atoms with van der Waals surface area (Å²) in [5, 5.41) is 3.43. The molecule has 1 nitrogen and oxygen atoms in total. The van der Waals surface area contributed by atoms with Crippen LogP contribution in [0.5, 0.6) is 0 Å². The molecule has 1 aliphatic rings. The largest absolute Gasteiger partial charge is 0.319 e. The Hall–Kier alpha value is -0.820. The van der Waals surface area contributed by atoms with Crippen LogP contribution in [-0.2, 0) is 10.8 Å². The van der Waals surface area contributed by atoms with E-state index >= 15 is 0 Å². The molecule has 0 radical (unpaired) electrons. The zero-order valence-electron chi connectivity index (χ0n) is 15.0. The Kier molecular flexibility index (Phi) is 4.28. The van der Waals surface area contributed by atoms with E-state index < -0.39 is 0 Å². The second-order valence-electron chi connectivity index (χ2n) is 9.11. The molecule has 0 atom stereocenters. The summed E-state index contributed by atoms with van der Waals surface area (Å²) in [5.74, 6) is 0.841. The van der Waals surface area contributed by atoms with Crippen LogP contribution >= 0.6 is 0 Å². The van der Waals surface area contributed by atoms with Gasteiger partial charge in [0, 0.05) is 12.0 Å². The van der Waals surface area contributed by atoms with Crippen molar-refractivity contribution in [3.8, 4) is 0 Å². The second-order valence-corrected chi connectivity index (χ2v) is 9.11. The van der Waals surface area contributed by atoms with Crippen molar-refractivity contribution in [1.29, 1.82) is 0 Å². The molecule has 1 N–H and O–H groups in total. The first-order valence-electron chi connectivity index (χ1n) is 8.34. The van der Waals surface area contributed by atoms with Gasteiger partial charge in [-0.05, 0) is 47.8 Å². The molecule has 1 heteroatoms. The van der Waals surface area contributed by atoms with Gasteiger partial charge in [-0.15, -0.1) is 0 Å². The van der Waals surface area contributed by atoms with Gasteiger partial charge in [-0.25, -0.2) is 0 Å². The molecular weight excluding hydrogens is 254 g/mol. The highest BCUT2D eigenvalue weighted by Gasteiger charge is 2.48. The Labute approximate surface area is 131 Å². The molecule has 0 aromatic heterocycles. The third-order valence-corrected chi connectivity index (χ3v) is 5.38. The van der Waals surface area contributed by atoms with Gasteiger partial charge >= 0.3 is 0 Å². The molecule has 0 unspecified atom stereocenters. The van der Waals surface area contributed by atoms with Gasteiger partial charge in [0.05, 0.1) is 0 Å². The second kappa shape index (κ2) is 5.43. The molecule has 0 aliphatic heterocycles. The highest BCUT2D eigenvalue weighted by Crippen LogP contribution is 2.54. The molecule has 1 saturated carbocycles. The molecule has 0 amide bonds. The van der Waals surface area contributed by atoms with Crippen LogP contribution in [0.15, 0.2) is 24.3 Å². The molecule has 21 heavy (non-hydrogen) atoms. The predicted molar refractivity (Wildman–Crippen MR) is 92.9 cm³/mol. The van der Waals surface area contributed by atoms with Gasteiger partial charge in [0.25, 0.3) is 0 Å². The number of rotatable bonds is 3. The topological polar surface area (TPSA) is 12.0 Å². The summed E-state index contributed by atoms with van der Waals surface area (Å²) >= 11 is 0. The van der Waals surface area contributed by atoms with Crippen LogP contribution in [0.25, 0.3) is 0 Å². The first-order valence-corrected chi connectivity index (χ1v) is 8.34. The molecule has 0 saturated heterocycles. The molecule has 1 fully saturated rings. The van der Waals surface area contributed by atoms with Gasteiger partial charge in [0.2, 0.25) is 0 Å². The molecule has 118 valence electrons. The van der Waals surface area contributed by atoms with Crippen molar-refractivity contribution in [2.75, 3.05) is 13.6 Å². The summed E-state index contributed by atoms with van der Waals surface area (Å²) in [6, 6.07) is 9.40. The maximum absolute atomic E-state index is 3.43. The monoisotopic (exact) mass is 287 g/mol. The smallest absolute Gasteiger partial charge is 0.00833 e. The number of benzene rings is 1. The van der Waals surface area contributed by atoms with E-state index in [1.54, 1.807) is 0 Å². The van der Waals surface area contributed by atoms with Crippen LogP contribution in [0.2, 0.25) is 0 Å². The number of nitrogens with one attached hydrogen (secondary N) is 1.